The minimum absolute atomic E-state index is 0.0346. The Morgan fingerprint density at radius 2 is 1.72 bits per heavy atom. The Hall–Kier alpha value is -2.26. The molecule has 1 aromatic carbocycles. The van der Waals surface area contributed by atoms with Crippen LogP contribution in [0, 0.1) is 0 Å². The van der Waals surface area contributed by atoms with Gasteiger partial charge in [0.25, 0.3) is 0 Å². The zero-order valence-electron chi connectivity index (χ0n) is 16.6. The molecule has 0 radical (unpaired) electrons. The maximum atomic E-state index is 12.8. The highest BCUT2D eigenvalue weighted by atomic mass is 32.2. The fourth-order valence-electron chi connectivity index (χ4n) is 3.25. The van der Waals surface area contributed by atoms with Crippen molar-refractivity contribution in [2.45, 2.75) is 31.3 Å². The highest BCUT2D eigenvalue weighted by Crippen LogP contribution is 2.19. The normalized spacial score (nSPS) is 15.9. The Morgan fingerprint density at radius 1 is 1.10 bits per heavy atom. The number of carbonyl (C=O) groups excluding carboxylic acids is 2. The lowest BCUT2D eigenvalue weighted by Gasteiger charge is -2.35. The minimum atomic E-state index is -3.68. The lowest BCUT2D eigenvalue weighted by atomic mass is 10.2. The molecule has 0 unspecified atom stereocenters. The molecule has 0 spiro atoms. The number of sulfone groups is 1. The van der Waals surface area contributed by atoms with Crippen LogP contribution in [0.1, 0.15) is 30.1 Å². The average Bonchev–Trinajstić information content (AvgIpc) is 3.13. The summed E-state index contributed by atoms with van der Waals surface area (Å²) in [5, 5.41) is 1.46. The maximum absolute atomic E-state index is 12.8. The van der Waals surface area contributed by atoms with Crippen LogP contribution in [0.25, 0.3) is 0 Å². The standard InChI is InChI=1S/C20H25N3O4S2/c1-15(20(25)23-10-8-22(9-11-23)16(2)24)29(26,27)14-18-13-28-19(21-18)12-17-6-4-3-5-7-17/h3-7,13,15H,8-12,14H2,1-2H3/t15-/m1/s1. The Bertz CT molecular complexity index is 965. The van der Waals surface area contributed by atoms with Crippen molar-refractivity contribution in [2.75, 3.05) is 26.2 Å². The lowest BCUT2D eigenvalue weighted by Crippen LogP contribution is -2.53. The SMILES string of the molecule is CC(=O)N1CCN(C(=O)[C@@H](C)S(=O)(=O)Cc2csc(Cc3ccccc3)n2)CC1. The predicted octanol–water partition coefficient (Wildman–Crippen LogP) is 1.73. The fraction of sp³-hybridized carbons (Fsp3) is 0.450. The van der Waals surface area contributed by atoms with Gasteiger partial charge in [-0.3, -0.25) is 9.59 Å². The largest absolute Gasteiger partial charge is 0.339 e. The van der Waals surface area contributed by atoms with Crippen LogP contribution < -0.4 is 0 Å². The minimum Gasteiger partial charge on any atom is -0.339 e. The Labute approximate surface area is 175 Å². The van der Waals surface area contributed by atoms with Gasteiger partial charge < -0.3 is 9.80 Å². The summed E-state index contributed by atoms with van der Waals surface area (Å²) in [7, 11) is -3.68. The van der Waals surface area contributed by atoms with Crippen molar-refractivity contribution >= 4 is 33.0 Å². The second-order valence-corrected chi connectivity index (χ2v) is 10.4. The van der Waals surface area contributed by atoms with Crippen LogP contribution in [0.4, 0.5) is 0 Å². The molecule has 29 heavy (non-hydrogen) atoms. The number of hydrogen-bond donors (Lipinski definition) is 0. The molecule has 7 nitrogen and oxygen atoms in total. The van der Waals surface area contributed by atoms with E-state index in [-0.39, 0.29) is 11.7 Å². The molecular formula is C20H25N3O4S2. The van der Waals surface area contributed by atoms with Crippen LogP contribution in [0.3, 0.4) is 0 Å². The molecule has 0 aliphatic carbocycles. The van der Waals surface area contributed by atoms with Gasteiger partial charge in [0.05, 0.1) is 16.5 Å². The topological polar surface area (TPSA) is 87.7 Å². The van der Waals surface area contributed by atoms with Crippen molar-refractivity contribution in [1.82, 2.24) is 14.8 Å². The molecule has 1 saturated heterocycles. The third kappa shape index (κ3) is 5.42. The monoisotopic (exact) mass is 435 g/mol. The molecule has 2 aromatic rings. The van der Waals surface area contributed by atoms with Gasteiger partial charge in [-0.05, 0) is 12.5 Å². The summed E-state index contributed by atoms with van der Waals surface area (Å²) in [6.45, 7) is 4.51. The van der Waals surface area contributed by atoms with Gasteiger partial charge >= 0.3 is 0 Å². The van der Waals surface area contributed by atoms with E-state index in [4.69, 9.17) is 0 Å². The predicted molar refractivity (Wildman–Crippen MR) is 112 cm³/mol. The summed E-state index contributed by atoms with van der Waals surface area (Å²) in [6.07, 6.45) is 0.653. The van der Waals surface area contributed by atoms with E-state index in [2.05, 4.69) is 4.98 Å². The number of rotatable bonds is 6. The maximum Gasteiger partial charge on any atom is 0.240 e. The molecular weight excluding hydrogens is 410 g/mol. The molecule has 2 heterocycles. The molecule has 0 bridgehead atoms. The van der Waals surface area contributed by atoms with Crippen molar-refractivity contribution < 1.29 is 18.0 Å². The molecule has 1 atom stereocenters. The summed E-state index contributed by atoms with van der Waals surface area (Å²) in [5.41, 5.74) is 1.59. The quantitative estimate of drug-likeness (QED) is 0.690. The first-order valence-electron chi connectivity index (χ1n) is 9.49. The number of benzene rings is 1. The zero-order chi connectivity index (χ0) is 21.0. The number of piperazine rings is 1. The van der Waals surface area contributed by atoms with Crippen molar-refractivity contribution in [2.24, 2.45) is 0 Å². The first kappa shape index (κ1) is 21.4. The van der Waals surface area contributed by atoms with Gasteiger partial charge in [-0.2, -0.15) is 0 Å². The van der Waals surface area contributed by atoms with Gasteiger partial charge in [-0.15, -0.1) is 11.3 Å². The smallest absolute Gasteiger partial charge is 0.240 e. The Morgan fingerprint density at radius 3 is 2.34 bits per heavy atom. The lowest BCUT2D eigenvalue weighted by molar-refractivity contribution is -0.137. The third-order valence-electron chi connectivity index (χ3n) is 5.07. The van der Waals surface area contributed by atoms with E-state index < -0.39 is 21.0 Å². The summed E-state index contributed by atoms with van der Waals surface area (Å²) in [6, 6.07) is 9.87. The molecule has 156 valence electrons. The Kier molecular flexibility index (Phi) is 6.69. The third-order valence-corrected chi connectivity index (χ3v) is 7.94. The molecule has 0 saturated carbocycles. The number of nitrogens with zero attached hydrogens (tertiary/aromatic N) is 3. The van der Waals surface area contributed by atoms with E-state index in [0.717, 1.165) is 10.6 Å². The number of thiazole rings is 1. The summed E-state index contributed by atoms with van der Waals surface area (Å²) in [5.74, 6) is -0.695. The van der Waals surface area contributed by atoms with Crippen molar-refractivity contribution in [3.8, 4) is 0 Å². The van der Waals surface area contributed by atoms with E-state index in [1.807, 2.05) is 30.3 Å². The molecule has 3 rings (SSSR count). The molecule has 0 N–H and O–H groups in total. The van der Waals surface area contributed by atoms with E-state index in [1.54, 1.807) is 10.3 Å². The zero-order valence-corrected chi connectivity index (χ0v) is 18.2. The van der Waals surface area contributed by atoms with Crippen LogP contribution in [0.5, 0.6) is 0 Å². The number of hydrogen-bond acceptors (Lipinski definition) is 6. The molecule has 1 fully saturated rings. The van der Waals surface area contributed by atoms with Gasteiger partial charge in [-0.25, -0.2) is 13.4 Å². The first-order chi connectivity index (χ1) is 13.8. The van der Waals surface area contributed by atoms with Gasteiger partial charge in [0.1, 0.15) is 5.25 Å². The Balaban J connectivity index is 1.60. The van der Waals surface area contributed by atoms with E-state index in [0.29, 0.717) is 38.3 Å². The van der Waals surface area contributed by atoms with Crippen molar-refractivity contribution in [3.05, 3.63) is 52.0 Å². The van der Waals surface area contributed by atoms with Gasteiger partial charge in [-0.1, -0.05) is 30.3 Å². The van der Waals surface area contributed by atoms with Crippen molar-refractivity contribution in [3.63, 3.8) is 0 Å². The number of amides is 2. The average molecular weight is 436 g/mol. The fourth-order valence-corrected chi connectivity index (χ4v) is 5.45. The summed E-state index contributed by atoms with van der Waals surface area (Å²) >= 11 is 1.43. The van der Waals surface area contributed by atoms with Crippen LogP contribution in [0.15, 0.2) is 35.7 Å². The summed E-state index contributed by atoms with van der Waals surface area (Å²) in [4.78, 5) is 31.7. The van der Waals surface area contributed by atoms with Crippen LogP contribution in [-0.4, -0.2) is 66.4 Å². The van der Waals surface area contributed by atoms with Gasteiger partial charge in [0.15, 0.2) is 9.84 Å². The van der Waals surface area contributed by atoms with Crippen LogP contribution >= 0.6 is 11.3 Å². The van der Waals surface area contributed by atoms with Crippen LogP contribution in [0.2, 0.25) is 0 Å². The van der Waals surface area contributed by atoms with Gasteiger partial charge in [0, 0.05) is 44.9 Å². The highest BCUT2D eigenvalue weighted by Gasteiger charge is 2.34. The highest BCUT2D eigenvalue weighted by molar-refractivity contribution is 7.92. The molecule has 1 aliphatic rings. The van der Waals surface area contributed by atoms with E-state index in [1.165, 1.54) is 30.1 Å². The molecule has 1 aliphatic heterocycles. The van der Waals surface area contributed by atoms with E-state index in [9.17, 15) is 18.0 Å². The molecule has 2 amide bonds. The molecule has 9 heteroatoms. The second-order valence-electron chi connectivity index (χ2n) is 7.18. The number of carbonyl (C=O) groups is 2. The second kappa shape index (κ2) is 9.04. The van der Waals surface area contributed by atoms with E-state index >= 15 is 0 Å². The first-order valence-corrected chi connectivity index (χ1v) is 12.1. The van der Waals surface area contributed by atoms with Gasteiger partial charge in [0.2, 0.25) is 11.8 Å². The van der Waals surface area contributed by atoms with Crippen LogP contribution in [-0.2, 0) is 31.6 Å². The number of aromatic nitrogens is 1. The van der Waals surface area contributed by atoms with Crippen molar-refractivity contribution in [1.29, 1.82) is 0 Å². The molecule has 1 aromatic heterocycles. The summed E-state index contributed by atoms with van der Waals surface area (Å²) < 4.78 is 25.6.